The molecule has 180 valence electrons. The van der Waals surface area contributed by atoms with Crippen molar-refractivity contribution in [3.8, 4) is 0 Å². The molecule has 2 aliphatic heterocycles. The Hall–Kier alpha value is -2.49. The number of nitrogens with zero attached hydrogens (tertiary/aromatic N) is 3. The van der Waals surface area contributed by atoms with Gasteiger partial charge in [-0.3, -0.25) is 19.6 Å². The minimum Gasteiger partial charge on any atom is -0.475 e. The Morgan fingerprint density at radius 1 is 1.21 bits per heavy atom. The molecule has 0 radical (unpaired) electrons. The van der Waals surface area contributed by atoms with Crippen molar-refractivity contribution in [1.82, 2.24) is 9.80 Å². The lowest BCUT2D eigenvalue weighted by Crippen LogP contribution is -2.47. The number of amides is 1. The van der Waals surface area contributed by atoms with E-state index < -0.39 is 17.7 Å². The number of halogens is 4. The molecule has 10 heteroatoms. The Bertz CT molecular complexity index is 963. The zero-order valence-corrected chi connectivity index (χ0v) is 18.3. The third kappa shape index (κ3) is 4.76. The quantitative estimate of drug-likeness (QED) is 0.683. The summed E-state index contributed by atoms with van der Waals surface area (Å²) in [6.45, 7) is 5.27. The first kappa shape index (κ1) is 23.7. The Labute approximate surface area is 189 Å². The highest BCUT2D eigenvalue weighted by Gasteiger charge is 2.60. The summed E-state index contributed by atoms with van der Waals surface area (Å²) in [5.41, 5.74) is 0.211. The minimum atomic E-state index is -5.08. The van der Waals surface area contributed by atoms with E-state index in [0.29, 0.717) is 18.4 Å². The predicted octanol–water partition coefficient (Wildman–Crippen LogP) is 3.71. The lowest BCUT2D eigenvalue weighted by atomic mass is 9.85. The molecule has 1 saturated heterocycles. The Balaban J connectivity index is 0.000000325. The lowest BCUT2D eigenvalue weighted by Gasteiger charge is -2.28. The molecule has 2 heterocycles. The van der Waals surface area contributed by atoms with Gasteiger partial charge >= 0.3 is 12.1 Å². The van der Waals surface area contributed by atoms with Crippen molar-refractivity contribution in [3.05, 3.63) is 35.6 Å². The molecule has 3 atom stereocenters. The first-order chi connectivity index (χ1) is 15.5. The molecule has 1 spiro atoms. The van der Waals surface area contributed by atoms with Gasteiger partial charge in [0.15, 0.2) is 0 Å². The van der Waals surface area contributed by atoms with Crippen LogP contribution in [0.3, 0.4) is 0 Å². The number of likely N-dealkylation sites (tertiary alicyclic amines) is 1. The van der Waals surface area contributed by atoms with E-state index in [1.54, 1.807) is 6.07 Å². The van der Waals surface area contributed by atoms with Gasteiger partial charge in [0.25, 0.3) is 5.91 Å². The number of carbonyl (C=O) groups excluding carboxylic acids is 1. The maximum absolute atomic E-state index is 14.0. The van der Waals surface area contributed by atoms with Crippen molar-refractivity contribution in [2.75, 3.05) is 19.6 Å². The number of carbonyl (C=O) groups is 2. The number of carboxylic acids is 1. The molecule has 3 fully saturated rings. The summed E-state index contributed by atoms with van der Waals surface area (Å²) in [6.07, 6.45) is -0.662. The molecule has 0 bridgehead atoms. The van der Waals surface area contributed by atoms with Crippen molar-refractivity contribution in [3.63, 3.8) is 0 Å². The minimum absolute atomic E-state index is 0.138. The van der Waals surface area contributed by atoms with Gasteiger partial charge in [0.2, 0.25) is 0 Å². The zero-order chi connectivity index (χ0) is 24.0. The molecule has 1 aromatic rings. The van der Waals surface area contributed by atoms with E-state index in [1.165, 1.54) is 18.9 Å². The summed E-state index contributed by atoms with van der Waals surface area (Å²) in [5, 5.41) is 7.12. The number of aliphatic carboxylic acids is 1. The van der Waals surface area contributed by atoms with E-state index in [-0.39, 0.29) is 17.6 Å². The molecule has 6 nitrogen and oxygen atoms in total. The highest BCUT2D eigenvalue weighted by atomic mass is 19.4. The third-order valence-electron chi connectivity index (χ3n) is 7.13. The molecule has 1 N–H and O–H groups in total. The molecule has 1 aromatic carbocycles. The van der Waals surface area contributed by atoms with Crippen LogP contribution in [0, 0.1) is 23.6 Å². The van der Waals surface area contributed by atoms with Crippen LogP contribution in [-0.4, -0.2) is 64.0 Å². The number of hydrogen-bond donors (Lipinski definition) is 1. The van der Waals surface area contributed by atoms with Gasteiger partial charge < -0.3 is 5.11 Å². The molecule has 4 aliphatic rings. The van der Waals surface area contributed by atoms with Crippen molar-refractivity contribution in [2.45, 2.75) is 50.9 Å². The van der Waals surface area contributed by atoms with Gasteiger partial charge in [0.1, 0.15) is 17.2 Å². The second kappa shape index (κ2) is 8.70. The van der Waals surface area contributed by atoms with Gasteiger partial charge in [-0.2, -0.15) is 13.2 Å². The van der Waals surface area contributed by atoms with Crippen LogP contribution in [0.15, 0.2) is 29.3 Å². The summed E-state index contributed by atoms with van der Waals surface area (Å²) in [5.74, 6) is -0.285. The van der Waals surface area contributed by atoms with E-state index in [2.05, 4.69) is 4.90 Å². The van der Waals surface area contributed by atoms with Gasteiger partial charge in [-0.05, 0) is 50.5 Å². The third-order valence-corrected chi connectivity index (χ3v) is 7.13. The van der Waals surface area contributed by atoms with Crippen molar-refractivity contribution in [1.29, 1.82) is 0 Å². The fraction of sp³-hybridized carbons (Fsp3) is 0.609. The highest BCUT2D eigenvalue weighted by molar-refractivity contribution is 6.07. The van der Waals surface area contributed by atoms with E-state index in [9.17, 15) is 22.4 Å². The summed E-state index contributed by atoms with van der Waals surface area (Å²) in [6, 6.07) is 7.01. The van der Waals surface area contributed by atoms with Crippen LogP contribution in [0.2, 0.25) is 0 Å². The number of amidine groups is 1. The normalized spacial score (nSPS) is 29.2. The summed E-state index contributed by atoms with van der Waals surface area (Å²) >= 11 is 0. The molecule has 1 amide bonds. The number of aliphatic imine (C=N–C) groups is 1. The van der Waals surface area contributed by atoms with Crippen LogP contribution in [-0.2, 0) is 16.1 Å². The number of hydrogen-bond acceptors (Lipinski definition) is 4. The topological polar surface area (TPSA) is 73.2 Å². The second-order valence-electron chi connectivity index (χ2n) is 9.44. The van der Waals surface area contributed by atoms with Gasteiger partial charge in [-0.1, -0.05) is 18.2 Å². The van der Waals surface area contributed by atoms with Crippen LogP contribution in [0.5, 0.6) is 0 Å². The number of fused-ring (bicyclic) bond motifs is 2. The van der Waals surface area contributed by atoms with Gasteiger partial charge in [0.05, 0.1) is 0 Å². The first-order valence-corrected chi connectivity index (χ1v) is 11.2. The Kier molecular flexibility index (Phi) is 6.24. The Morgan fingerprint density at radius 2 is 1.88 bits per heavy atom. The van der Waals surface area contributed by atoms with Gasteiger partial charge in [-0.25, -0.2) is 9.18 Å². The average molecular weight is 469 g/mol. The molecule has 5 rings (SSSR count). The lowest BCUT2D eigenvalue weighted by molar-refractivity contribution is -0.192. The van der Waals surface area contributed by atoms with Crippen LogP contribution in [0.1, 0.15) is 38.2 Å². The van der Waals surface area contributed by atoms with E-state index >= 15 is 0 Å². The molecule has 2 saturated carbocycles. The number of benzene rings is 1. The first-order valence-electron chi connectivity index (χ1n) is 11.2. The fourth-order valence-electron chi connectivity index (χ4n) is 5.34. The number of rotatable bonds is 4. The highest BCUT2D eigenvalue weighted by Crippen LogP contribution is 2.51. The number of carboxylic acid groups (broad SMARTS) is 1. The van der Waals surface area contributed by atoms with Gasteiger partial charge in [0, 0.05) is 37.7 Å². The molecule has 0 aromatic heterocycles. The van der Waals surface area contributed by atoms with Crippen molar-refractivity contribution < 1.29 is 32.3 Å². The van der Waals surface area contributed by atoms with Crippen molar-refractivity contribution in [2.24, 2.45) is 22.7 Å². The number of alkyl halides is 3. The van der Waals surface area contributed by atoms with Gasteiger partial charge in [-0.15, -0.1) is 0 Å². The molecule has 2 aliphatic carbocycles. The second-order valence-corrected chi connectivity index (χ2v) is 9.44. The predicted molar refractivity (Wildman–Crippen MR) is 112 cm³/mol. The summed E-state index contributed by atoms with van der Waals surface area (Å²) in [7, 11) is 0. The molecular weight excluding hydrogens is 442 g/mol. The van der Waals surface area contributed by atoms with E-state index in [4.69, 9.17) is 14.9 Å². The van der Waals surface area contributed by atoms with E-state index in [0.717, 1.165) is 43.9 Å². The largest absolute Gasteiger partial charge is 0.490 e. The van der Waals surface area contributed by atoms with Crippen LogP contribution >= 0.6 is 0 Å². The summed E-state index contributed by atoms with van der Waals surface area (Å²) < 4.78 is 45.7. The zero-order valence-electron chi connectivity index (χ0n) is 18.3. The van der Waals surface area contributed by atoms with Crippen LogP contribution in [0.25, 0.3) is 0 Å². The SMILES string of the molecule is CC1=N[C@@]2(CC[C@@H]3CN(Cc4ccccc4F)C[C@@H]32)C(=O)N1CC1CC1.O=C(O)C(F)(F)F. The average Bonchev–Trinajstić information content (AvgIpc) is 3.31. The fourth-order valence-corrected chi connectivity index (χ4v) is 5.34. The van der Waals surface area contributed by atoms with Crippen molar-refractivity contribution >= 4 is 17.7 Å². The van der Waals surface area contributed by atoms with Crippen LogP contribution < -0.4 is 0 Å². The van der Waals surface area contributed by atoms with E-state index in [1.807, 2.05) is 24.0 Å². The monoisotopic (exact) mass is 469 g/mol. The van der Waals surface area contributed by atoms with Crippen LogP contribution in [0.4, 0.5) is 17.6 Å². The Morgan fingerprint density at radius 3 is 2.48 bits per heavy atom. The smallest absolute Gasteiger partial charge is 0.475 e. The molecule has 33 heavy (non-hydrogen) atoms. The maximum atomic E-state index is 14.0. The standard InChI is InChI=1S/C21H26FN3O.C2HF3O2/c1-14-23-21(20(26)25(14)10-15-6-7-15)9-8-16-11-24(13-18(16)21)12-17-4-2-3-5-19(17)22;3-2(4,5)1(6)7/h2-5,15-16,18H,6-13H2,1H3;(H,6,7)/t16-,18+,21-;/m1./s1. The summed E-state index contributed by atoms with van der Waals surface area (Å²) in [4.78, 5) is 31.4. The molecular formula is C23H27F4N3O3. The maximum Gasteiger partial charge on any atom is 0.490 e. The molecule has 0 unspecified atom stereocenters.